The van der Waals surface area contributed by atoms with Crippen molar-refractivity contribution in [3.63, 3.8) is 0 Å². The highest BCUT2D eigenvalue weighted by molar-refractivity contribution is 9.10. The molecule has 1 heterocycles. The maximum absolute atomic E-state index is 12.0. The number of para-hydroxylation sites is 1. The van der Waals surface area contributed by atoms with Gasteiger partial charge in [0.15, 0.2) is 0 Å². The lowest BCUT2D eigenvalue weighted by Gasteiger charge is -2.31. The van der Waals surface area contributed by atoms with Crippen LogP contribution in [0.5, 0.6) is 0 Å². The van der Waals surface area contributed by atoms with Gasteiger partial charge in [-0.05, 0) is 47.8 Å². The summed E-state index contributed by atoms with van der Waals surface area (Å²) >= 11 is 3.47. The van der Waals surface area contributed by atoms with E-state index >= 15 is 0 Å². The highest BCUT2D eigenvalue weighted by Crippen LogP contribution is 2.20. The van der Waals surface area contributed by atoms with E-state index < -0.39 is 0 Å². The average Bonchev–Trinajstić information content (AvgIpc) is 2.57. The van der Waals surface area contributed by atoms with E-state index in [0.29, 0.717) is 32.7 Å². The van der Waals surface area contributed by atoms with Crippen LogP contribution in [0.25, 0.3) is 0 Å². The van der Waals surface area contributed by atoms with Gasteiger partial charge in [-0.15, -0.1) is 0 Å². The van der Waals surface area contributed by atoms with E-state index in [-0.39, 0.29) is 18.0 Å². The molecule has 1 aliphatic heterocycles. The van der Waals surface area contributed by atoms with Crippen LogP contribution in [0, 0.1) is 0 Å². The van der Waals surface area contributed by atoms with Crippen molar-refractivity contribution >= 4 is 33.6 Å². The van der Waals surface area contributed by atoms with Crippen LogP contribution in [-0.4, -0.2) is 49.2 Å². The second-order valence-corrected chi connectivity index (χ2v) is 6.54. The number of carbonyl (C=O) groups is 2. The quantitative estimate of drug-likeness (QED) is 0.773. The van der Waals surface area contributed by atoms with Gasteiger partial charge in [-0.1, -0.05) is 12.1 Å². The summed E-state index contributed by atoms with van der Waals surface area (Å²) < 4.78 is 5.97. The van der Waals surface area contributed by atoms with Crippen LogP contribution in [0.1, 0.15) is 26.2 Å². The first-order chi connectivity index (χ1) is 11.6. The predicted molar refractivity (Wildman–Crippen MR) is 97.0 cm³/mol. The molecule has 0 aliphatic carbocycles. The van der Waals surface area contributed by atoms with Crippen molar-refractivity contribution in [2.75, 3.05) is 31.6 Å². The Kier molecular flexibility index (Phi) is 7.36. The van der Waals surface area contributed by atoms with Gasteiger partial charge in [0.1, 0.15) is 0 Å². The molecule has 1 aromatic carbocycles. The van der Waals surface area contributed by atoms with E-state index in [1.165, 1.54) is 0 Å². The Labute approximate surface area is 151 Å². The molecular weight excluding hydrogens is 374 g/mol. The molecule has 0 atom stereocenters. The lowest BCUT2D eigenvalue weighted by molar-refractivity contribution is -0.121. The maximum Gasteiger partial charge on any atom is 0.409 e. The van der Waals surface area contributed by atoms with E-state index in [1.54, 1.807) is 11.8 Å². The molecule has 1 saturated heterocycles. The number of nitrogens with zero attached hydrogens (tertiary/aromatic N) is 1. The number of likely N-dealkylation sites (tertiary alicyclic amines) is 1. The number of ether oxygens (including phenoxy) is 1. The topological polar surface area (TPSA) is 70.7 Å². The lowest BCUT2D eigenvalue weighted by Crippen LogP contribution is -2.46. The predicted octanol–water partition coefficient (Wildman–Crippen LogP) is 2.99. The molecule has 0 bridgehead atoms. The van der Waals surface area contributed by atoms with Crippen LogP contribution in [0.2, 0.25) is 0 Å². The van der Waals surface area contributed by atoms with Crippen LogP contribution in [0.15, 0.2) is 28.7 Å². The number of benzene rings is 1. The van der Waals surface area contributed by atoms with Gasteiger partial charge in [0.05, 0.1) is 6.61 Å². The molecule has 2 rings (SSSR count). The van der Waals surface area contributed by atoms with Gasteiger partial charge < -0.3 is 20.3 Å². The van der Waals surface area contributed by atoms with Crippen LogP contribution in [-0.2, 0) is 9.53 Å². The van der Waals surface area contributed by atoms with E-state index in [0.717, 1.165) is 23.0 Å². The summed E-state index contributed by atoms with van der Waals surface area (Å²) in [7, 11) is 0. The van der Waals surface area contributed by atoms with Crippen molar-refractivity contribution in [2.24, 2.45) is 0 Å². The summed E-state index contributed by atoms with van der Waals surface area (Å²) in [6, 6.07) is 7.95. The van der Waals surface area contributed by atoms with Gasteiger partial charge in [-0.2, -0.15) is 0 Å². The maximum atomic E-state index is 12.0. The number of hydrogen-bond acceptors (Lipinski definition) is 4. The fraction of sp³-hybridized carbons (Fsp3) is 0.529. The van der Waals surface area contributed by atoms with Gasteiger partial charge in [0, 0.05) is 42.3 Å². The number of halogens is 1. The monoisotopic (exact) mass is 397 g/mol. The number of piperidine rings is 1. The van der Waals surface area contributed by atoms with Crippen LogP contribution in [0.3, 0.4) is 0 Å². The molecule has 6 nitrogen and oxygen atoms in total. The van der Waals surface area contributed by atoms with E-state index in [9.17, 15) is 9.59 Å². The van der Waals surface area contributed by atoms with Crippen molar-refractivity contribution in [2.45, 2.75) is 32.2 Å². The van der Waals surface area contributed by atoms with Crippen LogP contribution >= 0.6 is 15.9 Å². The first-order valence-electron chi connectivity index (χ1n) is 8.29. The Bertz CT molecular complexity index is 560. The van der Waals surface area contributed by atoms with E-state index in [1.807, 2.05) is 24.3 Å². The highest BCUT2D eigenvalue weighted by atomic mass is 79.9. The Morgan fingerprint density at radius 1 is 1.29 bits per heavy atom. The Morgan fingerprint density at radius 2 is 2.00 bits per heavy atom. The standard InChI is InChI=1S/C17H24BrN3O3/c1-2-24-17(23)21-11-8-13(9-12-21)20-16(22)7-10-19-15-6-4-3-5-14(15)18/h3-6,13,19H,2,7-12H2,1H3,(H,20,22). The zero-order chi connectivity index (χ0) is 17.4. The fourth-order valence-corrected chi connectivity index (χ4v) is 3.06. The first kappa shape index (κ1) is 18.6. The number of rotatable bonds is 6. The third kappa shape index (κ3) is 5.70. The second kappa shape index (κ2) is 9.52. The lowest BCUT2D eigenvalue weighted by atomic mass is 10.1. The average molecular weight is 398 g/mol. The Hall–Kier alpha value is -1.76. The summed E-state index contributed by atoms with van der Waals surface area (Å²) in [6.07, 6.45) is 1.68. The number of anilines is 1. The second-order valence-electron chi connectivity index (χ2n) is 5.68. The molecule has 0 spiro atoms. The molecule has 0 saturated carbocycles. The minimum atomic E-state index is -0.264. The normalized spacial score (nSPS) is 15.0. The third-order valence-electron chi connectivity index (χ3n) is 3.93. The smallest absolute Gasteiger partial charge is 0.409 e. The summed E-state index contributed by atoms with van der Waals surface area (Å²) in [5.74, 6) is 0.0316. The molecule has 0 radical (unpaired) electrons. The SMILES string of the molecule is CCOC(=O)N1CCC(NC(=O)CCNc2ccccc2Br)CC1. The number of nitrogens with one attached hydrogen (secondary N) is 2. The highest BCUT2D eigenvalue weighted by Gasteiger charge is 2.24. The van der Waals surface area contributed by atoms with Crippen molar-refractivity contribution < 1.29 is 14.3 Å². The van der Waals surface area contributed by atoms with E-state index in [4.69, 9.17) is 4.74 Å². The zero-order valence-electron chi connectivity index (χ0n) is 13.9. The summed E-state index contributed by atoms with van der Waals surface area (Å²) in [6.45, 7) is 4.01. The molecule has 0 unspecified atom stereocenters. The molecular formula is C17H24BrN3O3. The molecule has 2 N–H and O–H groups in total. The molecule has 1 fully saturated rings. The molecule has 24 heavy (non-hydrogen) atoms. The van der Waals surface area contributed by atoms with Gasteiger partial charge in [0.2, 0.25) is 5.91 Å². The van der Waals surface area contributed by atoms with Gasteiger partial charge >= 0.3 is 6.09 Å². The largest absolute Gasteiger partial charge is 0.450 e. The first-order valence-corrected chi connectivity index (χ1v) is 9.09. The summed E-state index contributed by atoms with van der Waals surface area (Å²) in [5, 5.41) is 6.28. The molecule has 0 aromatic heterocycles. The van der Waals surface area contributed by atoms with Crippen LogP contribution < -0.4 is 10.6 Å². The van der Waals surface area contributed by atoms with Gasteiger partial charge in [-0.25, -0.2) is 4.79 Å². The molecule has 1 aliphatic rings. The minimum absolute atomic E-state index is 0.0316. The molecule has 132 valence electrons. The van der Waals surface area contributed by atoms with Gasteiger partial charge in [-0.3, -0.25) is 4.79 Å². The Morgan fingerprint density at radius 3 is 2.67 bits per heavy atom. The van der Waals surface area contributed by atoms with Gasteiger partial charge in [0.25, 0.3) is 0 Å². The van der Waals surface area contributed by atoms with E-state index in [2.05, 4.69) is 26.6 Å². The zero-order valence-corrected chi connectivity index (χ0v) is 15.5. The minimum Gasteiger partial charge on any atom is -0.450 e. The number of carbonyl (C=O) groups excluding carboxylic acids is 2. The summed E-state index contributed by atoms with van der Waals surface area (Å²) in [5.41, 5.74) is 0.980. The fourth-order valence-electron chi connectivity index (χ4n) is 2.64. The van der Waals surface area contributed by atoms with Crippen molar-refractivity contribution in [1.82, 2.24) is 10.2 Å². The molecule has 1 aromatic rings. The van der Waals surface area contributed by atoms with Crippen molar-refractivity contribution in [3.05, 3.63) is 28.7 Å². The van der Waals surface area contributed by atoms with Crippen molar-refractivity contribution in [3.8, 4) is 0 Å². The van der Waals surface area contributed by atoms with Crippen molar-refractivity contribution in [1.29, 1.82) is 0 Å². The number of hydrogen-bond donors (Lipinski definition) is 2. The molecule has 2 amide bonds. The summed E-state index contributed by atoms with van der Waals surface area (Å²) in [4.78, 5) is 25.4. The third-order valence-corrected chi connectivity index (χ3v) is 4.62. The number of amides is 2. The Balaban J connectivity index is 1.65. The van der Waals surface area contributed by atoms with Crippen LogP contribution in [0.4, 0.5) is 10.5 Å². The molecule has 7 heteroatoms.